The Morgan fingerprint density at radius 1 is 1.29 bits per heavy atom. The number of ether oxygens (including phenoxy) is 1. The first-order chi connectivity index (χ1) is 8.15. The SMILES string of the molecule is CC(C)CN(CC1(CBr)CCOCC1)C1CC1. The van der Waals surface area contributed by atoms with Crippen molar-refractivity contribution < 1.29 is 4.74 Å². The van der Waals surface area contributed by atoms with Gasteiger partial charge in [0.15, 0.2) is 0 Å². The van der Waals surface area contributed by atoms with Gasteiger partial charge in [0.1, 0.15) is 0 Å². The molecule has 1 aliphatic heterocycles. The summed E-state index contributed by atoms with van der Waals surface area (Å²) in [7, 11) is 0. The molecule has 2 nitrogen and oxygen atoms in total. The molecule has 0 spiro atoms. The van der Waals surface area contributed by atoms with Crippen LogP contribution in [0.3, 0.4) is 0 Å². The average molecular weight is 304 g/mol. The lowest BCUT2D eigenvalue weighted by atomic mass is 9.81. The zero-order valence-corrected chi connectivity index (χ0v) is 12.8. The number of hydrogen-bond donors (Lipinski definition) is 0. The molecule has 0 unspecified atom stereocenters. The normalized spacial score (nSPS) is 24.5. The van der Waals surface area contributed by atoms with Crippen molar-refractivity contribution in [3.05, 3.63) is 0 Å². The maximum Gasteiger partial charge on any atom is 0.0472 e. The van der Waals surface area contributed by atoms with Gasteiger partial charge in [-0.05, 0) is 37.0 Å². The van der Waals surface area contributed by atoms with Gasteiger partial charge in [0, 0.05) is 37.7 Å². The van der Waals surface area contributed by atoms with E-state index in [1.807, 2.05) is 0 Å². The third-order valence-corrected chi connectivity index (χ3v) is 5.23. The van der Waals surface area contributed by atoms with Crippen molar-refractivity contribution in [2.75, 3.05) is 31.6 Å². The zero-order chi connectivity index (χ0) is 12.3. The topological polar surface area (TPSA) is 12.5 Å². The summed E-state index contributed by atoms with van der Waals surface area (Å²) in [5, 5.41) is 1.13. The van der Waals surface area contributed by atoms with Crippen molar-refractivity contribution in [2.24, 2.45) is 11.3 Å². The third kappa shape index (κ3) is 3.93. The van der Waals surface area contributed by atoms with Crippen LogP contribution in [0.4, 0.5) is 0 Å². The monoisotopic (exact) mass is 303 g/mol. The van der Waals surface area contributed by atoms with E-state index in [0.29, 0.717) is 5.41 Å². The first kappa shape index (κ1) is 13.8. The van der Waals surface area contributed by atoms with Gasteiger partial charge in [-0.2, -0.15) is 0 Å². The van der Waals surface area contributed by atoms with Gasteiger partial charge in [-0.1, -0.05) is 29.8 Å². The van der Waals surface area contributed by atoms with E-state index in [2.05, 4.69) is 34.7 Å². The van der Waals surface area contributed by atoms with Crippen LogP contribution in [0.5, 0.6) is 0 Å². The molecule has 0 aromatic heterocycles. The molecule has 0 radical (unpaired) electrons. The van der Waals surface area contributed by atoms with E-state index in [4.69, 9.17) is 4.74 Å². The van der Waals surface area contributed by atoms with Crippen molar-refractivity contribution in [1.82, 2.24) is 4.90 Å². The Morgan fingerprint density at radius 3 is 2.41 bits per heavy atom. The molecule has 2 aliphatic rings. The summed E-state index contributed by atoms with van der Waals surface area (Å²) < 4.78 is 5.53. The predicted molar refractivity (Wildman–Crippen MR) is 75.7 cm³/mol. The smallest absolute Gasteiger partial charge is 0.0472 e. The molecule has 0 aromatic carbocycles. The molecular weight excluding hydrogens is 278 g/mol. The third-order valence-electron chi connectivity index (χ3n) is 4.04. The molecule has 0 atom stereocenters. The van der Waals surface area contributed by atoms with Crippen LogP contribution in [0.25, 0.3) is 0 Å². The Bertz CT molecular complexity index is 234. The summed E-state index contributed by atoms with van der Waals surface area (Å²) in [6.45, 7) is 9.10. The quantitative estimate of drug-likeness (QED) is 0.698. The van der Waals surface area contributed by atoms with E-state index >= 15 is 0 Å². The summed E-state index contributed by atoms with van der Waals surface area (Å²) in [4.78, 5) is 2.75. The van der Waals surface area contributed by atoms with Crippen LogP contribution in [0, 0.1) is 11.3 Å². The van der Waals surface area contributed by atoms with Crippen LogP contribution in [-0.4, -0.2) is 42.6 Å². The van der Waals surface area contributed by atoms with Gasteiger partial charge in [0.25, 0.3) is 0 Å². The fourth-order valence-corrected chi connectivity index (χ4v) is 3.56. The van der Waals surface area contributed by atoms with E-state index in [1.54, 1.807) is 0 Å². The van der Waals surface area contributed by atoms with Gasteiger partial charge in [0.05, 0.1) is 0 Å². The maximum absolute atomic E-state index is 5.53. The Kier molecular flexibility index (Phi) is 4.90. The lowest BCUT2D eigenvalue weighted by molar-refractivity contribution is 0.00490. The van der Waals surface area contributed by atoms with Crippen molar-refractivity contribution in [2.45, 2.75) is 45.6 Å². The molecule has 0 bridgehead atoms. The Morgan fingerprint density at radius 2 is 1.94 bits per heavy atom. The van der Waals surface area contributed by atoms with Crippen molar-refractivity contribution >= 4 is 15.9 Å². The second-order valence-electron chi connectivity index (χ2n) is 6.30. The van der Waals surface area contributed by atoms with E-state index in [9.17, 15) is 0 Å². The molecule has 1 aliphatic carbocycles. The molecule has 1 saturated heterocycles. The standard InChI is InChI=1S/C14H26BrNO/c1-12(2)9-16(13-3-4-13)11-14(10-15)5-7-17-8-6-14/h12-13H,3-11H2,1-2H3. The molecule has 100 valence electrons. The molecule has 0 N–H and O–H groups in total. The molecule has 0 aromatic rings. The Labute approximate surface area is 114 Å². The number of nitrogens with zero attached hydrogens (tertiary/aromatic N) is 1. The molecule has 0 amide bonds. The van der Waals surface area contributed by atoms with Gasteiger partial charge in [-0.25, -0.2) is 0 Å². The van der Waals surface area contributed by atoms with Gasteiger partial charge < -0.3 is 4.74 Å². The summed E-state index contributed by atoms with van der Waals surface area (Å²) in [6.07, 6.45) is 5.28. The highest BCUT2D eigenvalue weighted by Crippen LogP contribution is 2.37. The maximum atomic E-state index is 5.53. The first-order valence-electron chi connectivity index (χ1n) is 7.03. The fraction of sp³-hybridized carbons (Fsp3) is 1.00. The van der Waals surface area contributed by atoms with Gasteiger partial charge in [-0.3, -0.25) is 4.90 Å². The molecule has 3 heteroatoms. The summed E-state index contributed by atoms with van der Waals surface area (Å²) in [6, 6.07) is 0.885. The van der Waals surface area contributed by atoms with E-state index in [1.165, 1.54) is 38.8 Å². The number of hydrogen-bond acceptors (Lipinski definition) is 2. The van der Waals surface area contributed by atoms with E-state index in [0.717, 1.165) is 30.5 Å². The van der Waals surface area contributed by atoms with Gasteiger partial charge >= 0.3 is 0 Å². The molecular formula is C14H26BrNO. The Balaban J connectivity index is 1.94. The first-order valence-corrected chi connectivity index (χ1v) is 8.15. The molecule has 1 heterocycles. The average Bonchev–Trinajstić information content (AvgIpc) is 3.13. The van der Waals surface area contributed by atoms with Crippen LogP contribution in [0.2, 0.25) is 0 Å². The molecule has 2 rings (SSSR count). The summed E-state index contributed by atoms with van der Waals surface area (Å²) in [5.41, 5.74) is 0.468. The molecule has 1 saturated carbocycles. The molecule has 17 heavy (non-hydrogen) atoms. The minimum absolute atomic E-state index is 0.468. The second-order valence-corrected chi connectivity index (χ2v) is 6.86. The zero-order valence-electron chi connectivity index (χ0n) is 11.3. The van der Waals surface area contributed by atoms with E-state index < -0.39 is 0 Å². The van der Waals surface area contributed by atoms with Crippen LogP contribution in [0.1, 0.15) is 39.5 Å². The van der Waals surface area contributed by atoms with Crippen LogP contribution in [-0.2, 0) is 4.74 Å². The lowest BCUT2D eigenvalue weighted by Crippen LogP contribution is -2.44. The van der Waals surface area contributed by atoms with Crippen LogP contribution in [0.15, 0.2) is 0 Å². The highest BCUT2D eigenvalue weighted by Gasteiger charge is 2.38. The van der Waals surface area contributed by atoms with Crippen molar-refractivity contribution in [3.63, 3.8) is 0 Å². The lowest BCUT2D eigenvalue weighted by Gasteiger charge is -2.40. The minimum Gasteiger partial charge on any atom is -0.381 e. The van der Waals surface area contributed by atoms with Crippen molar-refractivity contribution in [3.8, 4) is 0 Å². The van der Waals surface area contributed by atoms with Crippen LogP contribution < -0.4 is 0 Å². The van der Waals surface area contributed by atoms with Gasteiger partial charge in [-0.15, -0.1) is 0 Å². The number of alkyl halides is 1. The molecule has 2 fully saturated rings. The van der Waals surface area contributed by atoms with Crippen LogP contribution >= 0.6 is 15.9 Å². The summed E-state index contributed by atoms with van der Waals surface area (Å²) >= 11 is 3.75. The minimum atomic E-state index is 0.468. The largest absolute Gasteiger partial charge is 0.381 e. The predicted octanol–water partition coefficient (Wildman–Crippen LogP) is 3.30. The van der Waals surface area contributed by atoms with E-state index in [-0.39, 0.29) is 0 Å². The highest BCUT2D eigenvalue weighted by molar-refractivity contribution is 9.09. The highest BCUT2D eigenvalue weighted by atomic mass is 79.9. The second kappa shape index (κ2) is 6.03. The number of halogens is 1. The van der Waals surface area contributed by atoms with Gasteiger partial charge in [0.2, 0.25) is 0 Å². The summed E-state index contributed by atoms with van der Waals surface area (Å²) in [5.74, 6) is 0.780. The number of rotatable bonds is 6. The fourth-order valence-electron chi connectivity index (χ4n) is 2.82. The Hall–Kier alpha value is 0.400. The van der Waals surface area contributed by atoms with Crippen molar-refractivity contribution in [1.29, 1.82) is 0 Å².